The van der Waals surface area contributed by atoms with Crippen LogP contribution in [0.15, 0.2) is 41.3 Å². The first-order valence-electron chi connectivity index (χ1n) is 17.7. The smallest absolute Gasteiger partial charge is 0.408 e. The van der Waals surface area contributed by atoms with Gasteiger partial charge in [0.1, 0.15) is 28.8 Å². The van der Waals surface area contributed by atoms with Crippen molar-refractivity contribution in [1.29, 1.82) is 0 Å². The first-order chi connectivity index (χ1) is 24.0. The molecule has 0 saturated heterocycles. The standard InChI is InChI=1S/C38H50FN3O9S/c1-23(2)49-25-11-9-24(10-12-25)21-42-29-19-26(31(43)41-38-16-13-37(14-17-38,15-18-38)33(45)50-35(3,4)5)27(39)20-30(29)52(47,48)22-28(32(42)44)40-34(46)51-36(6,7)8/h9-12,19-20,23,28H,13-18,21-22H2,1-8H3,(H,40,46)(H,41,43)/t28-,37?,38?/m0/s1. The number of carbonyl (C=O) groups is 4. The normalized spacial score (nSPS) is 24.1. The van der Waals surface area contributed by atoms with E-state index in [2.05, 4.69) is 10.6 Å². The zero-order valence-corrected chi connectivity index (χ0v) is 32.0. The summed E-state index contributed by atoms with van der Waals surface area (Å²) in [6.45, 7) is 13.9. The third-order valence-electron chi connectivity index (χ3n) is 9.65. The van der Waals surface area contributed by atoms with E-state index in [-0.39, 0.29) is 24.3 Å². The molecule has 3 amide bonds. The third-order valence-corrected chi connectivity index (χ3v) is 11.4. The quantitative estimate of drug-likeness (QED) is 0.310. The molecule has 0 aromatic heterocycles. The fourth-order valence-corrected chi connectivity index (χ4v) is 8.70. The molecule has 0 spiro atoms. The first kappa shape index (κ1) is 39.0. The highest BCUT2D eigenvalue weighted by atomic mass is 32.2. The average Bonchev–Trinajstić information content (AvgIpc) is 3.08. The van der Waals surface area contributed by atoms with Gasteiger partial charge in [0.05, 0.1) is 40.0 Å². The average molecular weight is 744 g/mol. The molecular formula is C38H50FN3O9S. The molecule has 52 heavy (non-hydrogen) atoms. The minimum atomic E-state index is -4.39. The Hall–Kier alpha value is -4.20. The number of nitrogens with one attached hydrogen (secondary N) is 2. The minimum absolute atomic E-state index is 0.0800. The molecule has 2 aromatic carbocycles. The summed E-state index contributed by atoms with van der Waals surface area (Å²) in [4.78, 5) is 54.6. The van der Waals surface area contributed by atoms with Gasteiger partial charge in [-0.1, -0.05) is 12.1 Å². The predicted octanol–water partition coefficient (Wildman–Crippen LogP) is 5.99. The summed E-state index contributed by atoms with van der Waals surface area (Å²) in [6.07, 6.45) is 1.88. The summed E-state index contributed by atoms with van der Waals surface area (Å²) in [5, 5.41) is 5.40. The highest BCUT2D eigenvalue weighted by Crippen LogP contribution is 2.53. The number of benzene rings is 2. The molecule has 3 saturated carbocycles. The van der Waals surface area contributed by atoms with E-state index < -0.39 is 78.0 Å². The highest BCUT2D eigenvalue weighted by Gasteiger charge is 2.54. The molecule has 1 atom stereocenters. The number of alkyl carbamates (subject to hydrolysis) is 1. The molecule has 6 rings (SSSR count). The molecule has 1 aliphatic heterocycles. The molecule has 2 N–H and O–H groups in total. The van der Waals surface area contributed by atoms with Crippen molar-refractivity contribution in [2.75, 3.05) is 10.7 Å². The van der Waals surface area contributed by atoms with E-state index in [4.69, 9.17) is 14.2 Å². The van der Waals surface area contributed by atoms with Crippen LogP contribution >= 0.6 is 0 Å². The zero-order valence-electron chi connectivity index (χ0n) is 31.2. The number of nitrogens with zero attached hydrogens (tertiary/aromatic N) is 1. The second-order valence-corrected chi connectivity index (χ2v) is 18.5. The number of hydrogen-bond acceptors (Lipinski definition) is 9. The summed E-state index contributed by atoms with van der Waals surface area (Å²) in [6, 6.07) is 7.11. The lowest BCUT2D eigenvalue weighted by molar-refractivity contribution is -0.175. The van der Waals surface area contributed by atoms with Crippen molar-refractivity contribution in [3.63, 3.8) is 0 Å². The highest BCUT2D eigenvalue weighted by molar-refractivity contribution is 7.91. The Bertz CT molecular complexity index is 1820. The number of halogens is 1. The molecule has 3 aliphatic carbocycles. The van der Waals surface area contributed by atoms with Crippen LogP contribution in [0.4, 0.5) is 14.9 Å². The summed E-state index contributed by atoms with van der Waals surface area (Å²) >= 11 is 0. The Labute approximate surface area is 305 Å². The molecular weight excluding hydrogens is 693 g/mol. The lowest BCUT2D eigenvalue weighted by Gasteiger charge is -2.52. The van der Waals surface area contributed by atoms with E-state index in [1.165, 1.54) is 0 Å². The van der Waals surface area contributed by atoms with Crippen molar-refractivity contribution in [1.82, 2.24) is 10.6 Å². The Morgan fingerprint density at radius 3 is 2.04 bits per heavy atom. The molecule has 284 valence electrons. The molecule has 2 bridgehead atoms. The summed E-state index contributed by atoms with van der Waals surface area (Å²) in [5.41, 5.74) is -2.93. The molecule has 14 heteroatoms. The Kier molecular flexibility index (Phi) is 10.5. The maximum Gasteiger partial charge on any atom is 0.408 e. The molecule has 2 aromatic rings. The number of carbonyl (C=O) groups excluding carboxylic acids is 4. The van der Waals surface area contributed by atoms with Crippen LogP contribution in [-0.2, 0) is 35.4 Å². The largest absolute Gasteiger partial charge is 0.491 e. The molecule has 0 radical (unpaired) electrons. The van der Waals surface area contributed by atoms with E-state index in [1.807, 2.05) is 34.6 Å². The molecule has 0 unspecified atom stereocenters. The van der Waals surface area contributed by atoms with Gasteiger partial charge < -0.3 is 29.7 Å². The SMILES string of the molecule is CC(C)Oc1ccc(CN2C(=O)[C@@H](NC(=O)OC(C)(C)C)CS(=O)(=O)c3cc(F)c(C(=O)NC45CCC(C(=O)OC(C)(C)C)(CC4)CC5)cc32)cc1. The van der Waals surface area contributed by atoms with Gasteiger partial charge in [0.25, 0.3) is 11.8 Å². The fourth-order valence-electron chi connectivity index (χ4n) is 7.08. The number of esters is 1. The van der Waals surface area contributed by atoms with Crippen LogP contribution in [0.1, 0.15) is 110 Å². The van der Waals surface area contributed by atoms with Crippen LogP contribution in [0, 0.1) is 11.2 Å². The lowest BCUT2D eigenvalue weighted by atomic mass is 9.57. The predicted molar refractivity (Wildman–Crippen MR) is 191 cm³/mol. The van der Waals surface area contributed by atoms with Gasteiger partial charge in [-0.3, -0.25) is 14.4 Å². The number of ether oxygens (including phenoxy) is 3. The van der Waals surface area contributed by atoms with Crippen LogP contribution in [0.5, 0.6) is 5.75 Å². The zero-order chi connectivity index (χ0) is 38.4. The molecule has 4 aliphatic rings. The summed E-state index contributed by atoms with van der Waals surface area (Å²) in [5.74, 6) is -3.15. The van der Waals surface area contributed by atoms with Gasteiger partial charge in [0, 0.05) is 5.54 Å². The van der Waals surface area contributed by atoms with Crippen LogP contribution in [0.2, 0.25) is 0 Å². The number of anilines is 1. The first-order valence-corrected chi connectivity index (χ1v) is 19.3. The summed E-state index contributed by atoms with van der Waals surface area (Å²) in [7, 11) is -4.39. The van der Waals surface area contributed by atoms with Gasteiger partial charge in [-0.25, -0.2) is 17.6 Å². The Morgan fingerprint density at radius 1 is 0.923 bits per heavy atom. The van der Waals surface area contributed by atoms with E-state index in [1.54, 1.807) is 45.0 Å². The lowest BCUT2D eigenvalue weighted by Crippen LogP contribution is -2.59. The van der Waals surface area contributed by atoms with E-state index in [9.17, 15) is 27.6 Å². The van der Waals surface area contributed by atoms with Gasteiger partial charge in [-0.05, 0) is 124 Å². The van der Waals surface area contributed by atoms with Gasteiger partial charge >= 0.3 is 12.1 Å². The number of rotatable bonds is 8. The Balaban J connectivity index is 1.47. The van der Waals surface area contributed by atoms with Gasteiger partial charge in [0.15, 0.2) is 9.84 Å². The number of hydrogen-bond donors (Lipinski definition) is 2. The van der Waals surface area contributed by atoms with E-state index >= 15 is 4.39 Å². The van der Waals surface area contributed by atoms with E-state index in [0.717, 1.165) is 17.0 Å². The van der Waals surface area contributed by atoms with Crippen molar-refractivity contribution in [3.05, 3.63) is 53.3 Å². The van der Waals surface area contributed by atoms with Crippen LogP contribution in [-0.4, -0.2) is 66.9 Å². The monoisotopic (exact) mass is 743 g/mol. The Morgan fingerprint density at radius 2 is 1.50 bits per heavy atom. The maximum absolute atomic E-state index is 15.9. The van der Waals surface area contributed by atoms with Crippen molar-refractivity contribution >= 4 is 39.4 Å². The number of amides is 3. The van der Waals surface area contributed by atoms with Crippen LogP contribution in [0.25, 0.3) is 0 Å². The third kappa shape index (κ3) is 8.70. The van der Waals surface area contributed by atoms with Gasteiger partial charge in [-0.15, -0.1) is 0 Å². The molecule has 12 nitrogen and oxygen atoms in total. The van der Waals surface area contributed by atoms with Crippen molar-refractivity contribution in [2.24, 2.45) is 5.41 Å². The van der Waals surface area contributed by atoms with Gasteiger partial charge in [0.2, 0.25) is 0 Å². The van der Waals surface area contributed by atoms with Crippen molar-refractivity contribution in [2.45, 2.75) is 134 Å². The second kappa shape index (κ2) is 14.0. The molecule has 1 heterocycles. The topological polar surface area (TPSA) is 157 Å². The summed E-state index contributed by atoms with van der Waals surface area (Å²) < 4.78 is 60.3. The molecule has 3 fully saturated rings. The van der Waals surface area contributed by atoms with Crippen LogP contribution in [0.3, 0.4) is 0 Å². The van der Waals surface area contributed by atoms with Crippen molar-refractivity contribution in [3.8, 4) is 5.75 Å². The number of sulfone groups is 1. The van der Waals surface area contributed by atoms with Gasteiger partial charge in [-0.2, -0.15) is 0 Å². The number of fused-ring (bicyclic) bond motifs is 4. The second-order valence-electron chi connectivity index (χ2n) is 16.5. The maximum atomic E-state index is 15.9. The van der Waals surface area contributed by atoms with E-state index in [0.29, 0.717) is 49.8 Å². The van der Waals surface area contributed by atoms with Crippen molar-refractivity contribution < 1.29 is 46.2 Å². The van der Waals surface area contributed by atoms with Crippen LogP contribution < -0.4 is 20.3 Å². The fraction of sp³-hybridized carbons (Fsp3) is 0.579. The minimum Gasteiger partial charge on any atom is -0.491 e.